The van der Waals surface area contributed by atoms with Crippen LogP contribution in [0.3, 0.4) is 0 Å². The second kappa shape index (κ2) is 4.09. The molecule has 0 saturated heterocycles. The van der Waals surface area contributed by atoms with Crippen LogP contribution in [0.4, 0.5) is 5.69 Å². The highest BCUT2D eigenvalue weighted by atomic mass is 32.2. The summed E-state index contributed by atoms with van der Waals surface area (Å²) in [6, 6.07) is 6.48. The standard InChI is InChI=1S/C8H6N4O2S/c13-12(14)6-3-1-2-4-7(6)15-8-9-5-10-11-8/h1-5H,(H,9,10,11). The summed E-state index contributed by atoms with van der Waals surface area (Å²) in [5.74, 6) is 0. The zero-order valence-corrected chi connectivity index (χ0v) is 8.27. The first-order valence-electron chi connectivity index (χ1n) is 4.04. The molecule has 0 spiro atoms. The smallest absolute Gasteiger partial charge is 0.265 e. The van der Waals surface area contributed by atoms with Gasteiger partial charge in [-0.1, -0.05) is 12.1 Å². The molecule has 0 radical (unpaired) electrons. The Kier molecular flexibility index (Phi) is 2.64. The third-order valence-corrected chi connectivity index (χ3v) is 2.60. The first kappa shape index (κ1) is 9.66. The van der Waals surface area contributed by atoms with Crippen LogP contribution >= 0.6 is 11.8 Å². The Hall–Kier alpha value is -1.89. The van der Waals surface area contributed by atoms with Gasteiger partial charge in [-0.2, -0.15) is 0 Å². The minimum absolute atomic E-state index is 0.0623. The quantitative estimate of drug-likeness (QED) is 0.632. The van der Waals surface area contributed by atoms with Gasteiger partial charge in [-0.3, -0.25) is 15.2 Å². The number of nitrogens with zero attached hydrogens (tertiary/aromatic N) is 3. The van der Waals surface area contributed by atoms with Crippen LogP contribution in [0, 0.1) is 10.1 Å². The van der Waals surface area contributed by atoms with Gasteiger partial charge in [0.25, 0.3) is 5.69 Å². The molecule has 76 valence electrons. The summed E-state index contributed by atoms with van der Waals surface area (Å²) < 4.78 is 0. The predicted octanol–water partition coefficient (Wildman–Crippen LogP) is 1.86. The Bertz CT molecular complexity index is 471. The summed E-state index contributed by atoms with van der Waals surface area (Å²) in [5, 5.41) is 17.5. The molecule has 6 nitrogen and oxygen atoms in total. The number of hydrogen-bond acceptors (Lipinski definition) is 5. The molecular weight excluding hydrogens is 216 g/mol. The van der Waals surface area contributed by atoms with Crippen molar-refractivity contribution in [3.05, 3.63) is 40.7 Å². The van der Waals surface area contributed by atoms with Crippen LogP contribution in [0.15, 0.2) is 40.6 Å². The Balaban J connectivity index is 2.32. The van der Waals surface area contributed by atoms with Gasteiger partial charge in [0.2, 0.25) is 5.16 Å². The first-order valence-corrected chi connectivity index (χ1v) is 4.86. The Morgan fingerprint density at radius 3 is 2.87 bits per heavy atom. The van der Waals surface area contributed by atoms with Gasteiger partial charge in [0.15, 0.2) is 0 Å². The molecule has 15 heavy (non-hydrogen) atoms. The summed E-state index contributed by atoms with van der Waals surface area (Å²) in [6.07, 6.45) is 1.43. The van der Waals surface area contributed by atoms with E-state index in [0.29, 0.717) is 10.1 Å². The van der Waals surface area contributed by atoms with Crippen LogP contribution < -0.4 is 0 Å². The number of rotatable bonds is 3. The maximum atomic E-state index is 10.7. The van der Waals surface area contributed by atoms with Crippen LogP contribution in [0.1, 0.15) is 0 Å². The normalized spacial score (nSPS) is 10.1. The zero-order chi connectivity index (χ0) is 10.7. The fraction of sp³-hybridized carbons (Fsp3) is 0. The summed E-state index contributed by atoms with van der Waals surface area (Å²) in [6.45, 7) is 0. The summed E-state index contributed by atoms with van der Waals surface area (Å²) >= 11 is 1.15. The van der Waals surface area contributed by atoms with Crippen LogP contribution in [-0.4, -0.2) is 20.1 Å². The number of benzene rings is 1. The highest BCUT2D eigenvalue weighted by molar-refractivity contribution is 7.99. The van der Waals surface area contributed by atoms with Gasteiger partial charge in [-0.25, -0.2) is 4.98 Å². The number of nitro groups is 1. The lowest BCUT2D eigenvalue weighted by atomic mass is 10.3. The van der Waals surface area contributed by atoms with Crippen molar-refractivity contribution in [2.24, 2.45) is 0 Å². The van der Waals surface area contributed by atoms with Gasteiger partial charge in [0, 0.05) is 6.07 Å². The number of aromatic amines is 1. The molecular formula is C8H6N4O2S. The van der Waals surface area contributed by atoms with Crippen LogP contribution in [0.25, 0.3) is 0 Å². The third kappa shape index (κ3) is 2.13. The Morgan fingerprint density at radius 1 is 1.40 bits per heavy atom. The van der Waals surface area contributed by atoms with E-state index in [-0.39, 0.29) is 5.69 Å². The predicted molar refractivity (Wildman–Crippen MR) is 53.6 cm³/mol. The van der Waals surface area contributed by atoms with Gasteiger partial charge in [-0.05, 0) is 17.8 Å². The monoisotopic (exact) mass is 222 g/mol. The first-order chi connectivity index (χ1) is 7.27. The lowest BCUT2D eigenvalue weighted by molar-refractivity contribution is -0.387. The van der Waals surface area contributed by atoms with E-state index in [4.69, 9.17) is 0 Å². The molecule has 1 heterocycles. The second-order valence-electron chi connectivity index (χ2n) is 2.61. The van der Waals surface area contributed by atoms with E-state index in [1.165, 1.54) is 12.4 Å². The molecule has 0 saturated carbocycles. The topological polar surface area (TPSA) is 84.7 Å². The van der Waals surface area contributed by atoms with Crippen molar-refractivity contribution in [2.45, 2.75) is 10.1 Å². The van der Waals surface area contributed by atoms with Gasteiger partial charge in [-0.15, -0.1) is 5.10 Å². The van der Waals surface area contributed by atoms with Crippen molar-refractivity contribution in [3.63, 3.8) is 0 Å². The molecule has 0 amide bonds. The Morgan fingerprint density at radius 2 is 2.20 bits per heavy atom. The van der Waals surface area contributed by atoms with E-state index in [2.05, 4.69) is 15.2 Å². The zero-order valence-electron chi connectivity index (χ0n) is 7.45. The average Bonchev–Trinajstić information content (AvgIpc) is 2.71. The molecule has 0 aliphatic rings. The molecule has 0 bridgehead atoms. The van der Waals surface area contributed by atoms with E-state index < -0.39 is 4.92 Å². The van der Waals surface area contributed by atoms with Crippen molar-refractivity contribution in [1.29, 1.82) is 0 Å². The van der Waals surface area contributed by atoms with Crippen molar-refractivity contribution in [2.75, 3.05) is 0 Å². The molecule has 2 aromatic rings. The molecule has 7 heteroatoms. The van der Waals surface area contributed by atoms with Crippen LogP contribution in [0.2, 0.25) is 0 Å². The highest BCUT2D eigenvalue weighted by Gasteiger charge is 2.14. The van der Waals surface area contributed by atoms with Crippen molar-refractivity contribution < 1.29 is 4.92 Å². The lowest BCUT2D eigenvalue weighted by Gasteiger charge is -1.97. The molecule has 0 aliphatic heterocycles. The fourth-order valence-corrected chi connectivity index (χ4v) is 1.83. The van der Waals surface area contributed by atoms with Gasteiger partial charge in [0.05, 0.1) is 9.82 Å². The number of para-hydroxylation sites is 1. The summed E-state index contributed by atoms with van der Waals surface area (Å²) in [5.41, 5.74) is 0.0623. The molecule has 1 aromatic carbocycles. The maximum absolute atomic E-state index is 10.7. The summed E-state index contributed by atoms with van der Waals surface area (Å²) in [4.78, 5) is 14.7. The Labute approximate surface area is 88.9 Å². The number of nitro benzene ring substituents is 1. The number of nitrogens with one attached hydrogen (secondary N) is 1. The van der Waals surface area contributed by atoms with E-state index in [0.717, 1.165) is 11.8 Å². The van der Waals surface area contributed by atoms with Crippen LogP contribution in [0.5, 0.6) is 0 Å². The number of hydrogen-bond donors (Lipinski definition) is 1. The van der Waals surface area contributed by atoms with Crippen molar-refractivity contribution in [1.82, 2.24) is 15.2 Å². The molecule has 1 N–H and O–H groups in total. The van der Waals surface area contributed by atoms with Gasteiger partial charge in [0.1, 0.15) is 6.33 Å². The number of aromatic nitrogens is 3. The SMILES string of the molecule is O=[N+]([O-])c1ccccc1Sc1nc[nH]n1. The van der Waals surface area contributed by atoms with Gasteiger partial charge >= 0.3 is 0 Å². The minimum atomic E-state index is -0.422. The minimum Gasteiger partial charge on any atom is -0.265 e. The van der Waals surface area contributed by atoms with E-state index >= 15 is 0 Å². The van der Waals surface area contributed by atoms with Crippen LogP contribution in [-0.2, 0) is 0 Å². The van der Waals surface area contributed by atoms with Crippen molar-refractivity contribution in [3.8, 4) is 0 Å². The maximum Gasteiger partial charge on any atom is 0.283 e. The molecule has 0 atom stereocenters. The van der Waals surface area contributed by atoms with E-state index in [9.17, 15) is 10.1 Å². The number of H-pyrrole nitrogens is 1. The third-order valence-electron chi connectivity index (χ3n) is 1.66. The second-order valence-corrected chi connectivity index (χ2v) is 3.62. The van der Waals surface area contributed by atoms with E-state index in [1.807, 2.05) is 0 Å². The lowest BCUT2D eigenvalue weighted by Crippen LogP contribution is -1.90. The van der Waals surface area contributed by atoms with E-state index in [1.54, 1.807) is 18.2 Å². The van der Waals surface area contributed by atoms with Crippen molar-refractivity contribution >= 4 is 17.4 Å². The molecule has 0 aliphatic carbocycles. The largest absolute Gasteiger partial charge is 0.283 e. The molecule has 1 aromatic heterocycles. The summed E-state index contributed by atoms with van der Waals surface area (Å²) in [7, 11) is 0. The average molecular weight is 222 g/mol. The molecule has 2 rings (SSSR count). The molecule has 0 unspecified atom stereocenters. The fourth-order valence-electron chi connectivity index (χ4n) is 1.04. The van der Waals surface area contributed by atoms with Gasteiger partial charge < -0.3 is 0 Å². The highest BCUT2D eigenvalue weighted by Crippen LogP contribution is 2.31. The molecule has 0 fully saturated rings.